The van der Waals surface area contributed by atoms with E-state index in [9.17, 15) is 18.0 Å². The molecule has 1 amide bonds. The predicted octanol–water partition coefficient (Wildman–Crippen LogP) is 0.471. The molecule has 2 N–H and O–H groups in total. The number of nitrogens with two attached hydrogens (primary N) is 1. The van der Waals surface area contributed by atoms with E-state index < -0.39 is 23.6 Å². The molecule has 0 aromatic rings. The molecule has 0 aliphatic rings. The summed E-state index contributed by atoms with van der Waals surface area (Å²) in [4.78, 5) is 13.2. The minimum absolute atomic E-state index is 0.109. The summed E-state index contributed by atoms with van der Waals surface area (Å²) in [7, 11) is 4.48. The number of thiocarbonyl (C=S) groups is 1. The molecule has 0 fully saturated rings. The number of carbonyl (C=O) groups excluding carboxylic acids is 1. The minimum atomic E-state index is -4.48. The molecule has 0 spiro atoms. The highest BCUT2D eigenvalue weighted by Gasteiger charge is 2.42. The van der Waals surface area contributed by atoms with E-state index in [0.29, 0.717) is 0 Å². The molecule has 1 unspecified atom stereocenters. The topological polar surface area (TPSA) is 49.6 Å². The molecule has 17 heavy (non-hydrogen) atoms. The first-order valence-corrected chi connectivity index (χ1v) is 5.21. The Kier molecular flexibility index (Phi) is 5.83. The first-order chi connectivity index (χ1) is 7.55. The average molecular weight is 271 g/mol. The van der Waals surface area contributed by atoms with E-state index in [1.807, 2.05) is 0 Å². The molecule has 0 rings (SSSR count). The van der Waals surface area contributed by atoms with E-state index in [2.05, 4.69) is 12.2 Å². The Morgan fingerprint density at radius 2 is 1.82 bits per heavy atom. The lowest BCUT2D eigenvalue weighted by Gasteiger charge is -2.25. The van der Waals surface area contributed by atoms with Crippen LogP contribution in [0.2, 0.25) is 0 Å². The van der Waals surface area contributed by atoms with E-state index >= 15 is 0 Å². The number of rotatable bonds is 5. The Hall–Kier alpha value is -0.890. The number of likely N-dealkylation sites (N-methyl/N-ethyl adjacent to an activating group) is 2. The van der Waals surface area contributed by atoms with Crippen LogP contribution in [0, 0.1) is 5.92 Å². The van der Waals surface area contributed by atoms with Crippen molar-refractivity contribution in [3.8, 4) is 0 Å². The smallest absolute Gasteiger partial charge is 0.393 e. The fraction of sp³-hybridized carbons (Fsp3) is 0.778. The maximum Gasteiger partial charge on any atom is 0.399 e. The second kappa shape index (κ2) is 6.15. The number of hydrogen-bond acceptors (Lipinski definition) is 3. The van der Waals surface area contributed by atoms with Gasteiger partial charge in [-0.15, -0.1) is 0 Å². The number of halogens is 3. The third-order valence-electron chi connectivity index (χ3n) is 2.14. The van der Waals surface area contributed by atoms with Gasteiger partial charge in [-0.2, -0.15) is 13.2 Å². The molecule has 0 bridgehead atoms. The van der Waals surface area contributed by atoms with Crippen LogP contribution >= 0.6 is 12.2 Å². The fourth-order valence-corrected chi connectivity index (χ4v) is 1.31. The molecule has 0 saturated heterocycles. The monoisotopic (exact) mass is 271 g/mol. The molecule has 0 aliphatic heterocycles. The van der Waals surface area contributed by atoms with Crippen molar-refractivity contribution >= 4 is 23.1 Å². The quantitative estimate of drug-likeness (QED) is 0.739. The summed E-state index contributed by atoms with van der Waals surface area (Å²) in [6.07, 6.45) is -4.48. The van der Waals surface area contributed by atoms with Crippen molar-refractivity contribution in [1.82, 2.24) is 9.80 Å². The molecule has 4 nitrogen and oxygen atoms in total. The number of hydrogen-bond donors (Lipinski definition) is 1. The third-order valence-corrected chi connectivity index (χ3v) is 2.42. The summed E-state index contributed by atoms with van der Waals surface area (Å²) < 4.78 is 37.6. The summed E-state index contributed by atoms with van der Waals surface area (Å²) in [5.74, 6) is -2.17. The lowest BCUT2D eigenvalue weighted by molar-refractivity contribution is -0.159. The van der Waals surface area contributed by atoms with Crippen LogP contribution in [-0.2, 0) is 4.79 Å². The van der Waals surface area contributed by atoms with Crippen molar-refractivity contribution in [3.05, 3.63) is 0 Å². The van der Waals surface area contributed by atoms with Crippen molar-refractivity contribution in [2.75, 3.05) is 34.2 Å². The zero-order chi connectivity index (χ0) is 13.8. The largest absolute Gasteiger partial charge is 0.399 e. The standard InChI is InChI=1S/C9H16F3N3OS/c1-14(2)7(16)5-15(3)4-6(8(13)17)9(10,11)12/h6H,4-5H2,1-3H3,(H2,13,17). The molecular formula is C9H16F3N3OS. The summed E-state index contributed by atoms with van der Waals surface area (Å²) in [5, 5.41) is 0. The Labute approximate surface area is 104 Å². The van der Waals surface area contributed by atoms with Gasteiger partial charge in [0.15, 0.2) is 0 Å². The molecule has 100 valence electrons. The molecular weight excluding hydrogens is 255 g/mol. The van der Waals surface area contributed by atoms with E-state index in [4.69, 9.17) is 5.73 Å². The first kappa shape index (κ1) is 16.1. The number of alkyl halides is 3. The van der Waals surface area contributed by atoms with Gasteiger partial charge in [-0.3, -0.25) is 9.69 Å². The van der Waals surface area contributed by atoms with E-state index in [1.54, 1.807) is 0 Å². The van der Waals surface area contributed by atoms with Crippen LogP contribution in [0.15, 0.2) is 0 Å². The number of amides is 1. The van der Waals surface area contributed by atoms with Gasteiger partial charge >= 0.3 is 6.18 Å². The minimum Gasteiger partial charge on any atom is -0.393 e. The molecule has 1 atom stereocenters. The highest BCUT2D eigenvalue weighted by atomic mass is 32.1. The molecule has 0 radical (unpaired) electrons. The Morgan fingerprint density at radius 1 is 1.35 bits per heavy atom. The Bertz CT molecular complexity index is 294. The molecule has 0 saturated carbocycles. The van der Waals surface area contributed by atoms with Crippen LogP contribution in [0.4, 0.5) is 13.2 Å². The van der Waals surface area contributed by atoms with Crippen LogP contribution in [0.25, 0.3) is 0 Å². The maximum atomic E-state index is 12.5. The predicted molar refractivity (Wildman–Crippen MR) is 62.5 cm³/mol. The van der Waals surface area contributed by atoms with Gasteiger partial charge in [0.2, 0.25) is 5.91 Å². The third kappa shape index (κ3) is 5.83. The summed E-state index contributed by atoms with van der Waals surface area (Å²) in [6, 6.07) is 0. The van der Waals surface area contributed by atoms with Gasteiger partial charge in [-0.1, -0.05) is 12.2 Å². The highest BCUT2D eigenvalue weighted by Crippen LogP contribution is 2.27. The van der Waals surface area contributed by atoms with Crippen molar-refractivity contribution in [2.45, 2.75) is 6.18 Å². The van der Waals surface area contributed by atoms with Gasteiger partial charge in [0.05, 0.1) is 11.5 Å². The van der Waals surface area contributed by atoms with Gasteiger partial charge < -0.3 is 10.6 Å². The summed E-state index contributed by atoms with van der Waals surface area (Å²) >= 11 is 4.38. The summed E-state index contributed by atoms with van der Waals surface area (Å²) in [6.45, 7) is -0.527. The number of nitrogens with zero attached hydrogens (tertiary/aromatic N) is 2. The first-order valence-electron chi connectivity index (χ1n) is 4.80. The molecule has 0 aromatic heterocycles. The van der Waals surface area contributed by atoms with Crippen LogP contribution in [0.5, 0.6) is 0 Å². The van der Waals surface area contributed by atoms with Crippen LogP contribution < -0.4 is 5.73 Å². The van der Waals surface area contributed by atoms with Crippen LogP contribution in [-0.4, -0.2) is 61.1 Å². The lowest BCUT2D eigenvalue weighted by Crippen LogP contribution is -2.44. The van der Waals surface area contributed by atoms with Crippen LogP contribution in [0.3, 0.4) is 0 Å². The van der Waals surface area contributed by atoms with Gasteiger partial charge in [-0.25, -0.2) is 0 Å². The van der Waals surface area contributed by atoms with Gasteiger partial charge in [-0.05, 0) is 7.05 Å². The van der Waals surface area contributed by atoms with E-state index in [1.165, 1.54) is 30.9 Å². The number of carbonyl (C=O) groups is 1. The second-order valence-electron chi connectivity index (χ2n) is 3.98. The highest BCUT2D eigenvalue weighted by molar-refractivity contribution is 7.80. The van der Waals surface area contributed by atoms with Crippen molar-refractivity contribution in [3.63, 3.8) is 0 Å². The van der Waals surface area contributed by atoms with Gasteiger partial charge in [0, 0.05) is 20.6 Å². The van der Waals surface area contributed by atoms with E-state index in [0.717, 1.165) is 0 Å². The van der Waals surface area contributed by atoms with Crippen molar-refractivity contribution in [1.29, 1.82) is 0 Å². The Balaban J connectivity index is 4.48. The molecule has 0 heterocycles. The van der Waals surface area contributed by atoms with E-state index in [-0.39, 0.29) is 12.5 Å². The van der Waals surface area contributed by atoms with Crippen LogP contribution in [0.1, 0.15) is 0 Å². The zero-order valence-electron chi connectivity index (χ0n) is 9.91. The second-order valence-corrected chi connectivity index (χ2v) is 4.45. The molecule has 0 aliphatic carbocycles. The average Bonchev–Trinajstić information content (AvgIpc) is 2.11. The zero-order valence-corrected chi connectivity index (χ0v) is 10.7. The molecule has 0 aromatic carbocycles. The van der Waals surface area contributed by atoms with Gasteiger partial charge in [0.1, 0.15) is 5.92 Å². The Morgan fingerprint density at radius 3 is 2.12 bits per heavy atom. The molecule has 8 heteroatoms. The van der Waals surface area contributed by atoms with Crippen molar-refractivity contribution < 1.29 is 18.0 Å². The normalized spacial score (nSPS) is 13.6. The van der Waals surface area contributed by atoms with Crippen molar-refractivity contribution in [2.24, 2.45) is 11.7 Å². The summed E-state index contributed by atoms with van der Waals surface area (Å²) in [5.41, 5.74) is 5.05. The van der Waals surface area contributed by atoms with Gasteiger partial charge in [0.25, 0.3) is 0 Å². The SMILES string of the molecule is CN(CC(=O)N(C)C)CC(C(N)=S)C(F)(F)F. The maximum absolute atomic E-state index is 12.5. The lowest BCUT2D eigenvalue weighted by atomic mass is 10.1. The fourth-order valence-electron chi connectivity index (χ4n) is 1.10.